The van der Waals surface area contributed by atoms with Gasteiger partial charge in [0.05, 0.1) is 0 Å². The zero-order valence-electron chi connectivity index (χ0n) is 12.6. The number of nitrogen functional groups attached to an aromatic ring is 1. The number of nitrogens with one attached hydrogen (secondary N) is 1. The summed E-state index contributed by atoms with van der Waals surface area (Å²) in [6.07, 6.45) is 4.57. The second-order valence-electron chi connectivity index (χ2n) is 5.20. The second kappa shape index (κ2) is 8.69. The first-order chi connectivity index (χ1) is 9.58. The number of benzene rings is 1. The minimum atomic E-state index is -0.268. The third kappa shape index (κ3) is 5.29. The van der Waals surface area contributed by atoms with E-state index < -0.39 is 0 Å². The standard InChI is InChI=1S/C16H26FN3/c1-3-5-9-20(10-6-4-2)12-14-8-7-13(16(18)19)11-15(14)17/h7-8,11H,3-6,9-10,12H2,1-2H3,(H3,18,19). The first kappa shape index (κ1) is 16.6. The van der Waals surface area contributed by atoms with E-state index in [1.54, 1.807) is 12.1 Å². The van der Waals surface area contributed by atoms with E-state index in [9.17, 15) is 4.39 Å². The highest BCUT2D eigenvalue weighted by Crippen LogP contribution is 2.14. The molecular weight excluding hydrogens is 253 g/mol. The van der Waals surface area contributed by atoms with Gasteiger partial charge in [0.15, 0.2) is 0 Å². The molecule has 0 fully saturated rings. The monoisotopic (exact) mass is 279 g/mol. The van der Waals surface area contributed by atoms with Crippen LogP contribution < -0.4 is 5.73 Å². The van der Waals surface area contributed by atoms with Gasteiger partial charge in [0.25, 0.3) is 0 Å². The predicted octanol–water partition coefficient (Wildman–Crippen LogP) is 3.51. The van der Waals surface area contributed by atoms with Crippen molar-refractivity contribution in [1.29, 1.82) is 5.41 Å². The number of unbranched alkanes of at least 4 members (excludes halogenated alkanes) is 2. The molecule has 1 aromatic carbocycles. The number of rotatable bonds is 9. The van der Waals surface area contributed by atoms with E-state index in [1.807, 2.05) is 0 Å². The molecule has 0 bridgehead atoms. The highest BCUT2D eigenvalue weighted by molar-refractivity contribution is 5.94. The molecule has 0 radical (unpaired) electrons. The van der Waals surface area contributed by atoms with Crippen molar-refractivity contribution in [1.82, 2.24) is 4.90 Å². The summed E-state index contributed by atoms with van der Waals surface area (Å²) < 4.78 is 14.0. The van der Waals surface area contributed by atoms with Crippen molar-refractivity contribution in [2.24, 2.45) is 5.73 Å². The van der Waals surface area contributed by atoms with Crippen LogP contribution in [0.15, 0.2) is 18.2 Å². The maximum Gasteiger partial charge on any atom is 0.128 e. The number of nitrogens with two attached hydrogens (primary N) is 1. The average Bonchev–Trinajstić information content (AvgIpc) is 2.43. The summed E-state index contributed by atoms with van der Waals surface area (Å²) in [5, 5.41) is 7.33. The van der Waals surface area contributed by atoms with Crippen molar-refractivity contribution in [3.63, 3.8) is 0 Å². The molecule has 0 aromatic heterocycles. The van der Waals surface area contributed by atoms with Gasteiger partial charge in [-0.2, -0.15) is 0 Å². The average molecular weight is 279 g/mol. The minimum absolute atomic E-state index is 0.0933. The van der Waals surface area contributed by atoms with E-state index in [2.05, 4.69) is 18.7 Å². The first-order valence-electron chi connectivity index (χ1n) is 7.43. The van der Waals surface area contributed by atoms with E-state index in [-0.39, 0.29) is 11.7 Å². The minimum Gasteiger partial charge on any atom is -0.384 e. The molecular formula is C16H26FN3. The van der Waals surface area contributed by atoms with E-state index in [1.165, 1.54) is 6.07 Å². The van der Waals surface area contributed by atoms with Gasteiger partial charge < -0.3 is 5.73 Å². The van der Waals surface area contributed by atoms with Crippen molar-refractivity contribution >= 4 is 5.84 Å². The first-order valence-corrected chi connectivity index (χ1v) is 7.43. The zero-order valence-corrected chi connectivity index (χ0v) is 12.6. The Bertz CT molecular complexity index is 424. The Morgan fingerprint density at radius 1 is 1.20 bits per heavy atom. The lowest BCUT2D eigenvalue weighted by atomic mass is 10.1. The van der Waals surface area contributed by atoms with Gasteiger partial charge in [-0.25, -0.2) is 4.39 Å². The Labute approximate surface area is 121 Å². The molecule has 3 nitrogen and oxygen atoms in total. The van der Waals surface area contributed by atoms with E-state index in [4.69, 9.17) is 11.1 Å². The van der Waals surface area contributed by atoms with Gasteiger partial charge in [0.2, 0.25) is 0 Å². The normalized spacial score (nSPS) is 11.0. The van der Waals surface area contributed by atoms with Crippen molar-refractivity contribution in [3.05, 3.63) is 35.1 Å². The molecule has 0 aliphatic heterocycles. The molecule has 0 aliphatic rings. The maximum absolute atomic E-state index is 14.0. The molecule has 0 aliphatic carbocycles. The summed E-state index contributed by atoms with van der Waals surface area (Å²) in [5.41, 5.74) is 6.50. The summed E-state index contributed by atoms with van der Waals surface area (Å²) in [5.74, 6) is -0.361. The quantitative estimate of drug-likeness (QED) is 0.537. The van der Waals surface area contributed by atoms with Gasteiger partial charge in [-0.15, -0.1) is 0 Å². The van der Waals surface area contributed by atoms with Crippen LogP contribution in [0.3, 0.4) is 0 Å². The number of amidine groups is 1. The van der Waals surface area contributed by atoms with Gasteiger partial charge in [-0.1, -0.05) is 38.8 Å². The molecule has 4 heteroatoms. The summed E-state index contributed by atoms with van der Waals surface area (Å²) in [6, 6.07) is 4.82. The van der Waals surface area contributed by atoms with Crippen LogP contribution in [0.2, 0.25) is 0 Å². The van der Waals surface area contributed by atoms with Crippen LogP contribution >= 0.6 is 0 Å². The molecule has 1 aromatic rings. The molecule has 1 rings (SSSR count). The maximum atomic E-state index is 14.0. The number of halogens is 1. The summed E-state index contributed by atoms with van der Waals surface area (Å²) in [6.45, 7) is 6.97. The lowest BCUT2D eigenvalue weighted by Crippen LogP contribution is -2.26. The van der Waals surface area contributed by atoms with Crippen molar-refractivity contribution < 1.29 is 4.39 Å². The Morgan fingerprint density at radius 3 is 2.25 bits per heavy atom. The molecule has 0 atom stereocenters. The fourth-order valence-electron chi connectivity index (χ4n) is 2.12. The third-order valence-electron chi connectivity index (χ3n) is 3.41. The smallest absolute Gasteiger partial charge is 0.128 e. The van der Waals surface area contributed by atoms with Gasteiger partial charge in [0.1, 0.15) is 11.7 Å². The molecule has 3 N–H and O–H groups in total. The van der Waals surface area contributed by atoms with E-state index in [0.717, 1.165) is 38.8 Å². The highest BCUT2D eigenvalue weighted by Gasteiger charge is 2.10. The van der Waals surface area contributed by atoms with Crippen LogP contribution in [-0.4, -0.2) is 23.8 Å². The van der Waals surface area contributed by atoms with Crippen LogP contribution in [0.1, 0.15) is 50.7 Å². The molecule has 0 heterocycles. The van der Waals surface area contributed by atoms with Gasteiger partial charge in [-0.3, -0.25) is 10.3 Å². The highest BCUT2D eigenvalue weighted by atomic mass is 19.1. The number of nitrogens with zero attached hydrogens (tertiary/aromatic N) is 1. The largest absolute Gasteiger partial charge is 0.384 e. The summed E-state index contributed by atoms with van der Waals surface area (Å²) in [7, 11) is 0. The molecule has 0 spiro atoms. The molecule has 0 saturated carbocycles. The van der Waals surface area contributed by atoms with Gasteiger partial charge >= 0.3 is 0 Å². The van der Waals surface area contributed by atoms with Crippen LogP contribution in [0.5, 0.6) is 0 Å². The Balaban J connectivity index is 2.73. The lowest BCUT2D eigenvalue weighted by molar-refractivity contribution is 0.253. The lowest BCUT2D eigenvalue weighted by Gasteiger charge is -2.22. The number of hydrogen-bond acceptors (Lipinski definition) is 2. The fraction of sp³-hybridized carbons (Fsp3) is 0.562. The molecule has 0 amide bonds. The Kier molecular flexibility index (Phi) is 7.23. The summed E-state index contributed by atoms with van der Waals surface area (Å²) in [4.78, 5) is 2.30. The fourth-order valence-corrected chi connectivity index (χ4v) is 2.12. The third-order valence-corrected chi connectivity index (χ3v) is 3.41. The topological polar surface area (TPSA) is 53.1 Å². The van der Waals surface area contributed by atoms with E-state index in [0.29, 0.717) is 17.7 Å². The molecule has 0 saturated heterocycles. The van der Waals surface area contributed by atoms with Crippen molar-refractivity contribution in [2.45, 2.75) is 46.1 Å². The van der Waals surface area contributed by atoms with Crippen molar-refractivity contribution in [3.8, 4) is 0 Å². The van der Waals surface area contributed by atoms with Crippen LogP contribution in [0.25, 0.3) is 0 Å². The number of hydrogen-bond donors (Lipinski definition) is 2. The van der Waals surface area contributed by atoms with Gasteiger partial charge in [-0.05, 0) is 32.0 Å². The van der Waals surface area contributed by atoms with Gasteiger partial charge in [0, 0.05) is 17.7 Å². The predicted molar refractivity (Wildman–Crippen MR) is 82.5 cm³/mol. The van der Waals surface area contributed by atoms with Crippen molar-refractivity contribution in [2.75, 3.05) is 13.1 Å². The van der Waals surface area contributed by atoms with E-state index >= 15 is 0 Å². The molecule has 20 heavy (non-hydrogen) atoms. The Hall–Kier alpha value is -1.42. The Morgan fingerprint density at radius 2 is 1.80 bits per heavy atom. The molecule has 112 valence electrons. The molecule has 0 unspecified atom stereocenters. The van der Waals surface area contributed by atoms with Crippen LogP contribution in [0.4, 0.5) is 4.39 Å². The van der Waals surface area contributed by atoms with Crippen LogP contribution in [-0.2, 0) is 6.54 Å². The zero-order chi connectivity index (χ0) is 15.0. The summed E-state index contributed by atoms with van der Waals surface area (Å²) >= 11 is 0. The van der Waals surface area contributed by atoms with Crippen LogP contribution in [0, 0.1) is 11.2 Å². The second-order valence-corrected chi connectivity index (χ2v) is 5.20. The SMILES string of the molecule is CCCCN(CCCC)Cc1ccc(C(=N)N)cc1F.